The number of carbonyl (C=O) groups excluding carboxylic acids is 1. The van der Waals surface area contributed by atoms with Gasteiger partial charge in [0.15, 0.2) is 9.84 Å². The molecule has 0 saturated carbocycles. The molecule has 6 nitrogen and oxygen atoms in total. The van der Waals surface area contributed by atoms with Crippen LogP contribution in [-0.4, -0.2) is 37.8 Å². The molecule has 1 atom stereocenters. The van der Waals surface area contributed by atoms with E-state index in [2.05, 4.69) is 5.32 Å². The number of nitrogens with one attached hydrogen (secondary N) is 1. The average molecular weight is 300 g/mol. The molecule has 0 aliphatic carbocycles. The van der Waals surface area contributed by atoms with Gasteiger partial charge >= 0.3 is 0 Å². The third-order valence-electron chi connectivity index (χ3n) is 3.16. The summed E-state index contributed by atoms with van der Waals surface area (Å²) in [7, 11) is -3.45. The van der Waals surface area contributed by atoms with Crippen LogP contribution in [0.3, 0.4) is 0 Å². The van der Waals surface area contributed by atoms with E-state index in [1.807, 2.05) is 6.92 Å². The zero-order valence-electron chi connectivity index (χ0n) is 11.8. The number of carbonyl (C=O) groups is 1. The monoisotopic (exact) mass is 300 g/mol. The molecule has 0 bridgehead atoms. The Bertz CT molecular complexity index is 607. The van der Waals surface area contributed by atoms with Crippen LogP contribution in [0.1, 0.15) is 30.6 Å². The summed E-state index contributed by atoms with van der Waals surface area (Å²) in [6.45, 7) is 3.32. The molecule has 1 aromatic carbocycles. The van der Waals surface area contributed by atoms with Gasteiger partial charge in [-0.25, -0.2) is 8.42 Å². The maximum atomic E-state index is 12.1. The summed E-state index contributed by atoms with van der Waals surface area (Å²) in [5, 5.41) is 12.0. The molecule has 0 aliphatic heterocycles. The van der Waals surface area contributed by atoms with E-state index in [1.165, 1.54) is 18.2 Å². The van der Waals surface area contributed by atoms with Crippen LogP contribution in [0.5, 0.6) is 0 Å². The number of amides is 1. The van der Waals surface area contributed by atoms with Gasteiger partial charge in [-0.3, -0.25) is 4.79 Å². The van der Waals surface area contributed by atoms with Crippen molar-refractivity contribution >= 4 is 21.4 Å². The highest BCUT2D eigenvalue weighted by Gasteiger charge is 2.24. The fraction of sp³-hybridized carbons (Fsp3) is 0.462. The Morgan fingerprint density at radius 1 is 1.40 bits per heavy atom. The smallest absolute Gasteiger partial charge is 0.251 e. The van der Waals surface area contributed by atoms with E-state index in [0.717, 1.165) is 6.26 Å². The highest BCUT2D eigenvalue weighted by molar-refractivity contribution is 7.90. The van der Waals surface area contributed by atoms with Crippen molar-refractivity contribution in [3.05, 3.63) is 23.8 Å². The quantitative estimate of drug-likeness (QED) is 0.688. The lowest BCUT2D eigenvalue weighted by Crippen LogP contribution is -2.48. The van der Waals surface area contributed by atoms with Gasteiger partial charge in [0, 0.05) is 17.5 Å². The van der Waals surface area contributed by atoms with Crippen LogP contribution in [0.4, 0.5) is 5.69 Å². The van der Waals surface area contributed by atoms with Crippen molar-refractivity contribution in [1.29, 1.82) is 0 Å². The van der Waals surface area contributed by atoms with Gasteiger partial charge < -0.3 is 16.2 Å². The number of sulfone groups is 1. The van der Waals surface area contributed by atoms with Crippen LogP contribution in [0.15, 0.2) is 23.1 Å². The number of hydrogen-bond acceptors (Lipinski definition) is 5. The fourth-order valence-electron chi connectivity index (χ4n) is 1.55. The van der Waals surface area contributed by atoms with Crippen LogP contribution >= 0.6 is 0 Å². The SMILES string of the molecule is CCC(C)(CO)NC(=O)c1cc(N)cc(S(C)(=O)=O)c1. The van der Waals surface area contributed by atoms with Crippen LogP contribution in [-0.2, 0) is 9.84 Å². The molecule has 1 unspecified atom stereocenters. The predicted molar refractivity (Wildman–Crippen MR) is 77.2 cm³/mol. The second kappa shape index (κ2) is 5.80. The molecule has 7 heteroatoms. The Kier molecular flexibility index (Phi) is 4.77. The Labute approximate surface area is 118 Å². The van der Waals surface area contributed by atoms with Crippen molar-refractivity contribution in [3.63, 3.8) is 0 Å². The number of nitrogen functional groups attached to an aromatic ring is 1. The van der Waals surface area contributed by atoms with E-state index in [0.29, 0.717) is 6.42 Å². The molecule has 0 aromatic heterocycles. The van der Waals surface area contributed by atoms with Gasteiger partial charge in [-0.05, 0) is 31.5 Å². The van der Waals surface area contributed by atoms with Gasteiger partial charge in [0.25, 0.3) is 5.91 Å². The van der Waals surface area contributed by atoms with E-state index >= 15 is 0 Å². The van der Waals surface area contributed by atoms with Gasteiger partial charge in [0.1, 0.15) is 0 Å². The van der Waals surface area contributed by atoms with Crippen LogP contribution in [0, 0.1) is 0 Å². The zero-order valence-corrected chi connectivity index (χ0v) is 12.6. The molecular formula is C13H20N2O4S. The minimum Gasteiger partial charge on any atom is -0.399 e. The molecule has 0 heterocycles. The summed E-state index contributed by atoms with van der Waals surface area (Å²) >= 11 is 0. The largest absolute Gasteiger partial charge is 0.399 e. The molecule has 0 fully saturated rings. The molecular weight excluding hydrogens is 280 g/mol. The van der Waals surface area contributed by atoms with E-state index in [1.54, 1.807) is 6.92 Å². The molecule has 1 aromatic rings. The zero-order chi connectivity index (χ0) is 15.6. The number of anilines is 1. The molecule has 1 amide bonds. The summed E-state index contributed by atoms with van der Waals surface area (Å²) in [6.07, 6.45) is 1.59. The molecule has 112 valence electrons. The normalized spacial score (nSPS) is 14.6. The molecule has 0 spiro atoms. The van der Waals surface area contributed by atoms with Crippen molar-refractivity contribution in [2.24, 2.45) is 0 Å². The van der Waals surface area contributed by atoms with E-state index < -0.39 is 21.3 Å². The van der Waals surface area contributed by atoms with Crippen molar-refractivity contribution < 1.29 is 18.3 Å². The summed E-state index contributed by atoms with van der Waals surface area (Å²) in [6, 6.07) is 3.98. The number of rotatable bonds is 5. The topological polar surface area (TPSA) is 109 Å². The lowest BCUT2D eigenvalue weighted by atomic mass is 9.99. The van der Waals surface area contributed by atoms with Crippen LogP contribution in [0.25, 0.3) is 0 Å². The summed E-state index contributed by atoms with van der Waals surface area (Å²) < 4.78 is 23.1. The number of benzene rings is 1. The molecule has 1 rings (SSSR count). The van der Waals surface area contributed by atoms with Gasteiger partial charge in [-0.2, -0.15) is 0 Å². The second-order valence-corrected chi connectivity index (χ2v) is 7.11. The third kappa shape index (κ3) is 3.94. The molecule has 20 heavy (non-hydrogen) atoms. The Morgan fingerprint density at radius 3 is 2.45 bits per heavy atom. The number of hydrogen-bond donors (Lipinski definition) is 3. The van der Waals surface area contributed by atoms with Crippen molar-refractivity contribution in [2.45, 2.75) is 30.7 Å². The number of aliphatic hydroxyl groups is 1. The van der Waals surface area contributed by atoms with Gasteiger partial charge in [0.2, 0.25) is 0 Å². The minimum absolute atomic E-state index is 0.00940. The Hall–Kier alpha value is -1.60. The maximum Gasteiger partial charge on any atom is 0.251 e. The first kappa shape index (κ1) is 16.5. The molecule has 0 saturated heterocycles. The number of nitrogens with two attached hydrogens (primary N) is 1. The lowest BCUT2D eigenvalue weighted by molar-refractivity contribution is 0.0847. The number of aliphatic hydroxyl groups excluding tert-OH is 1. The van der Waals surface area contributed by atoms with Gasteiger partial charge in [-0.1, -0.05) is 6.92 Å². The summed E-state index contributed by atoms with van der Waals surface area (Å²) in [4.78, 5) is 12.1. The molecule has 0 aliphatic rings. The first-order valence-electron chi connectivity index (χ1n) is 6.15. The molecule has 4 N–H and O–H groups in total. The highest BCUT2D eigenvalue weighted by Crippen LogP contribution is 2.18. The van der Waals surface area contributed by atoms with Crippen LogP contribution in [0.2, 0.25) is 0 Å². The van der Waals surface area contributed by atoms with E-state index in [9.17, 15) is 18.3 Å². The van der Waals surface area contributed by atoms with E-state index in [4.69, 9.17) is 5.73 Å². The minimum atomic E-state index is -3.45. The fourth-order valence-corrected chi connectivity index (χ4v) is 2.24. The third-order valence-corrected chi connectivity index (χ3v) is 4.26. The predicted octanol–water partition coefficient (Wildman–Crippen LogP) is 0.563. The van der Waals surface area contributed by atoms with Crippen molar-refractivity contribution in [1.82, 2.24) is 5.32 Å². The summed E-state index contributed by atoms with van der Waals surface area (Å²) in [5.74, 6) is -0.472. The highest BCUT2D eigenvalue weighted by atomic mass is 32.2. The summed E-state index contributed by atoms with van der Waals surface area (Å²) in [5.41, 5.74) is 5.22. The maximum absolute atomic E-state index is 12.1. The van der Waals surface area contributed by atoms with E-state index in [-0.39, 0.29) is 22.8 Å². The molecule has 0 radical (unpaired) electrons. The van der Waals surface area contributed by atoms with Crippen molar-refractivity contribution in [3.8, 4) is 0 Å². The van der Waals surface area contributed by atoms with Gasteiger partial charge in [0.05, 0.1) is 17.0 Å². The Balaban J connectivity index is 3.15. The Morgan fingerprint density at radius 2 is 2.00 bits per heavy atom. The lowest BCUT2D eigenvalue weighted by Gasteiger charge is -2.27. The first-order valence-corrected chi connectivity index (χ1v) is 8.04. The average Bonchev–Trinajstić information content (AvgIpc) is 2.36. The first-order chi connectivity index (χ1) is 9.11. The standard InChI is InChI=1S/C13H20N2O4S/c1-4-13(2,8-16)15-12(17)9-5-10(14)7-11(6-9)20(3,18)19/h5-7,16H,4,8,14H2,1-3H3,(H,15,17). The van der Waals surface area contributed by atoms with Crippen LogP contribution < -0.4 is 11.1 Å². The van der Waals surface area contributed by atoms with Gasteiger partial charge in [-0.15, -0.1) is 0 Å². The van der Waals surface area contributed by atoms with Crippen molar-refractivity contribution in [2.75, 3.05) is 18.6 Å². The second-order valence-electron chi connectivity index (χ2n) is 5.09.